The zero-order valence-corrected chi connectivity index (χ0v) is 11.0. The Morgan fingerprint density at radius 3 is 2.68 bits per heavy atom. The Morgan fingerprint density at radius 1 is 1.16 bits per heavy atom. The first kappa shape index (κ1) is 13.3. The van der Waals surface area contributed by atoms with Crippen LogP contribution in [-0.2, 0) is 6.54 Å². The molecule has 0 saturated heterocycles. The quantitative estimate of drug-likeness (QED) is 0.892. The summed E-state index contributed by atoms with van der Waals surface area (Å²) in [6.07, 6.45) is 4.01. The highest BCUT2D eigenvalue weighted by Gasteiger charge is 2.02. The number of ether oxygens (including phenoxy) is 1. The average Bonchev–Trinajstić information content (AvgIpc) is 2.46. The lowest BCUT2D eigenvalue weighted by Crippen LogP contribution is -2.05. The van der Waals surface area contributed by atoms with Gasteiger partial charge >= 0.3 is 0 Å². The molecule has 0 fully saturated rings. The number of aromatic nitrogens is 1. The fourth-order valence-corrected chi connectivity index (χ4v) is 1.76. The topological polar surface area (TPSA) is 48.1 Å². The normalized spacial score (nSPS) is 10.8. The Hall–Kier alpha value is -2.13. The summed E-state index contributed by atoms with van der Waals surface area (Å²) >= 11 is 0. The van der Waals surface area contributed by atoms with Crippen molar-refractivity contribution in [3.63, 3.8) is 0 Å². The minimum Gasteiger partial charge on any atom is -0.488 e. The van der Waals surface area contributed by atoms with Gasteiger partial charge < -0.3 is 10.5 Å². The third kappa shape index (κ3) is 3.93. The second kappa shape index (κ2) is 6.71. The van der Waals surface area contributed by atoms with E-state index in [1.54, 1.807) is 0 Å². The van der Waals surface area contributed by atoms with Crippen LogP contribution in [0.25, 0.3) is 6.08 Å². The summed E-state index contributed by atoms with van der Waals surface area (Å²) in [7, 11) is 0. The first-order valence-electron chi connectivity index (χ1n) is 6.30. The van der Waals surface area contributed by atoms with Crippen LogP contribution < -0.4 is 10.5 Å². The average molecular weight is 254 g/mol. The Balaban J connectivity index is 1.94. The first-order chi connectivity index (χ1) is 9.29. The van der Waals surface area contributed by atoms with Crippen molar-refractivity contribution in [2.45, 2.75) is 13.5 Å². The van der Waals surface area contributed by atoms with Crippen LogP contribution in [0.3, 0.4) is 0 Å². The monoisotopic (exact) mass is 254 g/mol. The molecule has 3 nitrogen and oxygen atoms in total. The van der Waals surface area contributed by atoms with E-state index in [2.05, 4.69) is 17.1 Å². The molecule has 1 aromatic carbocycles. The van der Waals surface area contributed by atoms with Gasteiger partial charge in [0.05, 0.1) is 5.69 Å². The third-order valence-electron chi connectivity index (χ3n) is 2.71. The molecule has 19 heavy (non-hydrogen) atoms. The summed E-state index contributed by atoms with van der Waals surface area (Å²) in [5, 5.41) is 0. The second-order valence-electron chi connectivity index (χ2n) is 4.23. The van der Waals surface area contributed by atoms with Gasteiger partial charge in [-0.15, -0.1) is 0 Å². The molecule has 0 bridgehead atoms. The predicted octanol–water partition coefficient (Wildman–Crippen LogP) is 2.94. The molecular weight excluding hydrogens is 236 g/mol. The number of benzene rings is 1. The van der Waals surface area contributed by atoms with Gasteiger partial charge in [-0.1, -0.05) is 36.4 Å². The van der Waals surface area contributed by atoms with Crippen molar-refractivity contribution in [2.75, 3.05) is 6.61 Å². The van der Waals surface area contributed by atoms with Gasteiger partial charge in [0.1, 0.15) is 12.4 Å². The number of hydrogen-bond acceptors (Lipinski definition) is 3. The molecule has 1 aromatic heterocycles. The lowest BCUT2D eigenvalue weighted by Gasteiger charge is -2.08. The molecule has 0 atom stereocenters. The lowest BCUT2D eigenvalue weighted by molar-refractivity contribution is 0.357. The number of pyridine rings is 1. The van der Waals surface area contributed by atoms with Crippen LogP contribution in [0.1, 0.15) is 17.0 Å². The molecule has 0 unspecified atom stereocenters. The van der Waals surface area contributed by atoms with Crippen LogP contribution in [0, 0.1) is 6.92 Å². The Morgan fingerprint density at radius 2 is 1.95 bits per heavy atom. The van der Waals surface area contributed by atoms with Crippen molar-refractivity contribution in [1.82, 2.24) is 4.98 Å². The van der Waals surface area contributed by atoms with Crippen LogP contribution in [0.2, 0.25) is 0 Å². The number of nitrogens with zero attached hydrogens (tertiary/aromatic N) is 1. The summed E-state index contributed by atoms with van der Waals surface area (Å²) in [6, 6.07) is 14.0. The molecule has 0 saturated carbocycles. The van der Waals surface area contributed by atoms with E-state index in [1.165, 1.54) is 0 Å². The number of nitrogens with two attached hydrogens (primary N) is 1. The van der Waals surface area contributed by atoms with E-state index in [9.17, 15) is 0 Å². The van der Waals surface area contributed by atoms with Gasteiger partial charge in [0.15, 0.2) is 0 Å². The molecule has 0 radical (unpaired) electrons. The van der Waals surface area contributed by atoms with Crippen LogP contribution in [0.4, 0.5) is 0 Å². The summed E-state index contributed by atoms with van der Waals surface area (Å²) in [5.41, 5.74) is 8.56. The van der Waals surface area contributed by atoms with Crippen molar-refractivity contribution in [3.8, 4) is 5.75 Å². The molecule has 2 rings (SSSR count). The summed E-state index contributed by atoms with van der Waals surface area (Å²) in [5.74, 6) is 0.755. The van der Waals surface area contributed by atoms with Gasteiger partial charge in [-0.05, 0) is 30.7 Å². The van der Waals surface area contributed by atoms with Gasteiger partial charge in [-0.2, -0.15) is 0 Å². The highest BCUT2D eigenvalue weighted by molar-refractivity contribution is 5.48. The Labute approximate surface area is 113 Å². The van der Waals surface area contributed by atoms with Crippen molar-refractivity contribution in [1.29, 1.82) is 0 Å². The van der Waals surface area contributed by atoms with Gasteiger partial charge in [-0.3, -0.25) is 4.98 Å². The second-order valence-corrected chi connectivity index (χ2v) is 4.23. The van der Waals surface area contributed by atoms with Crippen LogP contribution in [0.5, 0.6) is 5.75 Å². The minimum absolute atomic E-state index is 0.388. The highest BCUT2D eigenvalue weighted by Crippen LogP contribution is 2.16. The zero-order valence-electron chi connectivity index (χ0n) is 11.0. The molecule has 0 spiro atoms. The fourth-order valence-electron chi connectivity index (χ4n) is 1.76. The van der Waals surface area contributed by atoms with Crippen LogP contribution in [-0.4, -0.2) is 11.6 Å². The number of aryl methyl sites for hydroxylation is 1. The largest absolute Gasteiger partial charge is 0.488 e. The molecule has 1 heterocycles. The number of rotatable bonds is 5. The van der Waals surface area contributed by atoms with Crippen molar-refractivity contribution >= 4 is 6.08 Å². The predicted molar refractivity (Wildman–Crippen MR) is 77.8 cm³/mol. The standard InChI is InChI=1S/C16H18N2O/c1-13-9-10-16(15(12-17)18-13)19-11-5-8-14-6-3-2-4-7-14/h2-10H,11-12,17H2,1H3. The van der Waals surface area contributed by atoms with Gasteiger partial charge in [0.25, 0.3) is 0 Å². The SMILES string of the molecule is Cc1ccc(OCC=Cc2ccccc2)c(CN)n1. The van der Waals surface area contributed by atoms with E-state index in [-0.39, 0.29) is 0 Å². The minimum atomic E-state index is 0.388. The zero-order chi connectivity index (χ0) is 13.5. The van der Waals surface area contributed by atoms with E-state index >= 15 is 0 Å². The van der Waals surface area contributed by atoms with E-state index in [4.69, 9.17) is 10.5 Å². The summed E-state index contributed by atoms with van der Waals surface area (Å²) in [4.78, 5) is 4.35. The highest BCUT2D eigenvalue weighted by atomic mass is 16.5. The lowest BCUT2D eigenvalue weighted by atomic mass is 10.2. The smallest absolute Gasteiger partial charge is 0.142 e. The molecule has 2 N–H and O–H groups in total. The number of hydrogen-bond donors (Lipinski definition) is 1. The summed E-state index contributed by atoms with van der Waals surface area (Å²) in [6.45, 7) is 2.84. The molecule has 2 aromatic rings. The van der Waals surface area contributed by atoms with E-state index in [0.29, 0.717) is 13.2 Å². The van der Waals surface area contributed by atoms with E-state index in [0.717, 1.165) is 22.7 Å². The summed E-state index contributed by atoms with van der Waals surface area (Å²) < 4.78 is 5.68. The van der Waals surface area contributed by atoms with Gasteiger partial charge in [-0.25, -0.2) is 0 Å². The van der Waals surface area contributed by atoms with Crippen molar-refractivity contribution in [2.24, 2.45) is 5.73 Å². The van der Waals surface area contributed by atoms with Crippen LogP contribution in [0.15, 0.2) is 48.5 Å². The van der Waals surface area contributed by atoms with E-state index in [1.807, 2.05) is 49.4 Å². The van der Waals surface area contributed by atoms with Gasteiger partial charge in [0.2, 0.25) is 0 Å². The maximum atomic E-state index is 5.68. The van der Waals surface area contributed by atoms with Gasteiger partial charge in [0, 0.05) is 12.2 Å². The molecule has 0 aliphatic heterocycles. The third-order valence-corrected chi connectivity index (χ3v) is 2.71. The molecule has 98 valence electrons. The molecule has 0 amide bonds. The maximum Gasteiger partial charge on any atom is 0.142 e. The molecule has 0 aliphatic rings. The Bertz CT molecular complexity index is 550. The Kier molecular flexibility index (Phi) is 4.70. The fraction of sp³-hybridized carbons (Fsp3) is 0.188. The van der Waals surface area contributed by atoms with Crippen LogP contribution >= 0.6 is 0 Å². The molecule has 3 heteroatoms. The van der Waals surface area contributed by atoms with E-state index < -0.39 is 0 Å². The first-order valence-corrected chi connectivity index (χ1v) is 6.30. The molecule has 0 aliphatic carbocycles. The van der Waals surface area contributed by atoms with Crippen molar-refractivity contribution in [3.05, 3.63) is 65.5 Å². The van der Waals surface area contributed by atoms with Crippen molar-refractivity contribution < 1.29 is 4.74 Å². The maximum absolute atomic E-state index is 5.68. The molecular formula is C16H18N2O.